The van der Waals surface area contributed by atoms with E-state index in [0.717, 1.165) is 32.4 Å². The molecule has 2 heterocycles. The van der Waals surface area contributed by atoms with E-state index in [1.165, 1.54) is 6.42 Å². The van der Waals surface area contributed by atoms with Crippen molar-refractivity contribution in [2.75, 3.05) is 19.6 Å². The molecule has 1 saturated carbocycles. The molecule has 2 aliphatic heterocycles. The van der Waals surface area contributed by atoms with Crippen LogP contribution in [0.1, 0.15) is 25.7 Å². The van der Waals surface area contributed by atoms with Crippen LogP contribution in [-0.4, -0.2) is 55.0 Å². The number of ether oxygens (including phenoxy) is 1. The van der Waals surface area contributed by atoms with Gasteiger partial charge in [0, 0.05) is 31.5 Å². The number of carboxylic acid groups (broad SMARTS) is 1. The number of carbonyl (C=O) groups is 2. The van der Waals surface area contributed by atoms with Crippen LogP contribution in [0.2, 0.25) is 0 Å². The molecular formula is C14H21F3N2O4. The van der Waals surface area contributed by atoms with Gasteiger partial charge in [0.15, 0.2) is 0 Å². The van der Waals surface area contributed by atoms with Crippen LogP contribution in [0, 0.1) is 11.8 Å². The topological polar surface area (TPSA) is 87.7 Å². The molecule has 132 valence electrons. The third-order valence-electron chi connectivity index (χ3n) is 4.43. The number of carbonyl (C=O) groups excluding carboxylic acids is 1. The van der Waals surface area contributed by atoms with E-state index in [1.807, 2.05) is 0 Å². The fourth-order valence-electron chi connectivity index (χ4n) is 2.90. The quantitative estimate of drug-likeness (QED) is 0.712. The minimum atomic E-state index is -5.08. The molecule has 23 heavy (non-hydrogen) atoms. The van der Waals surface area contributed by atoms with Crippen molar-refractivity contribution >= 4 is 11.9 Å². The lowest BCUT2D eigenvalue weighted by molar-refractivity contribution is -0.192. The zero-order chi connectivity index (χ0) is 17.0. The summed E-state index contributed by atoms with van der Waals surface area (Å²) < 4.78 is 37.6. The molecule has 3 fully saturated rings. The highest BCUT2D eigenvalue weighted by molar-refractivity contribution is 5.79. The van der Waals surface area contributed by atoms with Gasteiger partial charge in [0.25, 0.3) is 0 Å². The summed E-state index contributed by atoms with van der Waals surface area (Å²) in [5.41, 5.74) is 0. The van der Waals surface area contributed by atoms with Crippen molar-refractivity contribution in [1.82, 2.24) is 10.6 Å². The molecule has 2 saturated heterocycles. The number of aliphatic carboxylic acids is 1. The van der Waals surface area contributed by atoms with E-state index in [4.69, 9.17) is 14.6 Å². The van der Waals surface area contributed by atoms with Crippen molar-refractivity contribution in [3.63, 3.8) is 0 Å². The van der Waals surface area contributed by atoms with E-state index in [-0.39, 0.29) is 12.0 Å². The lowest BCUT2D eigenvalue weighted by atomic mass is 9.85. The Kier molecular flexibility index (Phi) is 5.85. The van der Waals surface area contributed by atoms with E-state index >= 15 is 0 Å². The summed E-state index contributed by atoms with van der Waals surface area (Å²) >= 11 is 0. The van der Waals surface area contributed by atoms with Gasteiger partial charge in [0.05, 0.1) is 12.2 Å². The molecule has 3 rings (SSSR count). The van der Waals surface area contributed by atoms with Gasteiger partial charge >= 0.3 is 12.1 Å². The third-order valence-corrected chi connectivity index (χ3v) is 4.43. The standard InChI is InChI=1S/C12H20N2O2.C2HF3O2/c15-12(8-2-1-3-8)14-6-10-4-9-5-13-7-11(9)16-10;3-2(4,5)1(6)7/h8-11,13H,1-7H2,(H,14,15);(H,6,7)/t9-,10-,11+;/m1./s1. The summed E-state index contributed by atoms with van der Waals surface area (Å²) in [5.74, 6) is -1.55. The fourth-order valence-corrected chi connectivity index (χ4v) is 2.90. The second-order valence-corrected chi connectivity index (χ2v) is 6.13. The molecular weight excluding hydrogens is 317 g/mol. The normalized spacial score (nSPS) is 30.0. The Morgan fingerprint density at radius 1 is 1.26 bits per heavy atom. The van der Waals surface area contributed by atoms with E-state index in [2.05, 4.69) is 10.6 Å². The molecule has 0 aromatic carbocycles. The maximum absolute atomic E-state index is 11.6. The van der Waals surface area contributed by atoms with Gasteiger partial charge in [-0.1, -0.05) is 6.42 Å². The summed E-state index contributed by atoms with van der Waals surface area (Å²) in [7, 11) is 0. The van der Waals surface area contributed by atoms with Crippen molar-refractivity contribution in [2.45, 2.75) is 44.1 Å². The van der Waals surface area contributed by atoms with Crippen LogP contribution in [0.4, 0.5) is 13.2 Å². The highest BCUT2D eigenvalue weighted by Crippen LogP contribution is 2.29. The van der Waals surface area contributed by atoms with E-state index in [9.17, 15) is 18.0 Å². The SMILES string of the molecule is O=C(NC[C@H]1C[C@@H]2CNC[C@@H]2O1)C1CCC1.O=C(O)C(F)(F)F. The van der Waals surface area contributed by atoms with Gasteiger partial charge in [-0.15, -0.1) is 0 Å². The second kappa shape index (κ2) is 7.48. The number of nitrogens with one attached hydrogen (secondary N) is 2. The van der Waals surface area contributed by atoms with Gasteiger partial charge < -0.3 is 20.5 Å². The third kappa shape index (κ3) is 5.07. The van der Waals surface area contributed by atoms with Crippen molar-refractivity contribution in [2.24, 2.45) is 11.8 Å². The molecule has 9 heteroatoms. The number of fused-ring (bicyclic) bond motifs is 1. The van der Waals surface area contributed by atoms with Crippen LogP contribution in [0.25, 0.3) is 0 Å². The summed E-state index contributed by atoms with van der Waals surface area (Å²) in [5, 5.41) is 13.5. The Balaban J connectivity index is 0.000000236. The van der Waals surface area contributed by atoms with Crippen molar-refractivity contribution < 1.29 is 32.6 Å². The predicted molar refractivity (Wildman–Crippen MR) is 73.7 cm³/mol. The Morgan fingerprint density at radius 3 is 2.39 bits per heavy atom. The summed E-state index contributed by atoms with van der Waals surface area (Å²) in [6, 6.07) is 0. The number of carboxylic acids is 1. The average Bonchev–Trinajstić information content (AvgIpc) is 2.94. The van der Waals surface area contributed by atoms with Gasteiger partial charge in [-0.3, -0.25) is 4.79 Å². The molecule has 3 N–H and O–H groups in total. The minimum Gasteiger partial charge on any atom is -0.475 e. The molecule has 0 spiro atoms. The zero-order valence-electron chi connectivity index (χ0n) is 12.6. The number of halogens is 3. The largest absolute Gasteiger partial charge is 0.490 e. The molecule has 0 radical (unpaired) electrons. The highest BCUT2D eigenvalue weighted by atomic mass is 19.4. The second-order valence-electron chi connectivity index (χ2n) is 6.13. The lowest BCUT2D eigenvalue weighted by Crippen LogP contribution is -2.39. The van der Waals surface area contributed by atoms with E-state index in [0.29, 0.717) is 24.5 Å². The van der Waals surface area contributed by atoms with Crippen LogP contribution in [0.3, 0.4) is 0 Å². The van der Waals surface area contributed by atoms with Gasteiger partial charge in [0.2, 0.25) is 5.91 Å². The van der Waals surface area contributed by atoms with Crippen LogP contribution < -0.4 is 10.6 Å². The molecule has 0 aromatic heterocycles. The van der Waals surface area contributed by atoms with Crippen LogP contribution >= 0.6 is 0 Å². The molecule has 0 unspecified atom stereocenters. The van der Waals surface area contributed by atoms with E-state index < -0.39 is 12.1 Å². The summed E-state index contributed by atoms with van der Waals surface area (Å²) in [6.07, 6.45) is 0.0295. The smallest absolute Gasteiger partial charge is 0.475 e. The average molecular weight is 338 g/mol. The van der Waals surface area contributed by atoms with Gasteiger partial charge in [0.1, 0.15) is 0 Å². The number of alkyl halides is 3. The highest BCUT2D eigenvalue weighted by Gasteiger charge is 2.39. The number of hydrogen-bond donors (Lipinski definition) is 3. The van der Waals surface area contributed by atoms with Gasteiger partial charge in [-0.2, -0.15) is 13.2 Å². The first-order chi connectivity index (χ1) is 10.8. The first-order valence-corrected chi connectivity index (χ1v) is 7.71. The number of rotatable bonds is 3. The molecule has 1 amide bonds. The molecule has 6 nitrogen and oxygen atoms in total. The van der Waals surface area contributed by atoms with Gasteiger partial charge in [-0.05, 0) is 19.3 Å². The predicted octanol–water partition coefficient (Wildman–Crippen LogP) is 0.913. The van der Waals surface area contributed by atoms with Crippen molar-refractivity contribution in [3.05, 3.63) is 0 Å². The maximum atomic E-state index is 11.6. The first-order valence-electron chi connectivity index (χ1n) is 7.71. The van der Waals surface area contributed by atoms with Gasteiger partial charge in [-0.25, -0.2) is 4.79 Å². The number of amides is 1. The van der Waals surface area contributed by atoms with E-state index in [1.54, 1.807) is 0 Å². The van der Waals surface area contributed by atoms with Crippen LogP contribution in [-0.2, 0) is 14.3 Å². The maximum Gasteiger partial charge on any atom is 0.490 e. The molecule has 3 atom stereocenters. The molecule has 3 aliphatic rings. The Bertz CT molecular complexity index is 428. The lowest BCUT2D eigenvalue weighted by Gasteiger charge is -2.25. The minimum absolute atomic E-state index is 0.241. The number of hydrogen-bond acceptors (Lipinski definition) is 4. The van der Waals surface area contributed by atoms with Crippen LogP contribution in [0.5, 0.6) is 0 Å². The molecule has 0 bridgehead atoms. The van der Waals surface area contributed by atoms with Crippen molar-refractivity contribution in [1.29, 1.82) is 0 Å². The monoisotopic (exact) mass is 338 g/mol. The Hall–Kier alpha value is -1.35. The van der Waals surface area contributed by atoms with Crippen LogP contribution in [0.15, 0.2) is 0 Å². The molecule has 0 aromatic rings. The first kappa shape index (κ1) is 18.0. The summed E-state index contributed by atoms with van der Waals surface area (Å²) in [4.78, 5) is 20.5. The Morgan fingerprint density at radius 2 is 1.91 bits per heavy atom. The Labute approximate surface area is 131 Å². The van der Waals surface area contributed by atoms with Crippen molar-refractivity contribution in [3.8, 4) is 0 Å². The zero-order valence-corrected chi connectivity index (χ0v) is 12.6. The summed E-state index contributed by atoms with van der Waals surface area (Å²) in [6.45, 7) is 2.78. The molecule has 1 aliphatic carbocycles. The fraction of sp³-hybridized carbons (Fsp3) is 0.857.